The number of nitrogens with zero attached hydrogens (tertiary/aromatic N) is 5. The summed E-state index contributed by atoms with van der Waals surface area (Å²) in [6.07, 6.45) is 3.56. The molecule has 0 spiro atoms. The van der Waals surface area contributed by atoms with Crippen LogP contribution in [0.3, 0.4) is 0 Å². The number of hydrazine groups is 1. The standard InChI is InChI=1S/C10H14N8O2S/c11-12-8(19)7-5-17(16-13-7)3-4-21-10-15-14-9(20)18(10)6-1-2-6/h5-6H,1-4,11H2,(H,12,19)(H,14,20). The van der Waals surface area contributed by atoms with E-state index in [-0.39, 0.29) is 17.4 Å². The molecular weight excluding hydrogens is 296 g/mol. The third-order valence-corrected chi connectivity index (χ3v) is 3.97. The van der Waals surface area contributed by atoms with Gasteiger partial charge in [0.2, 0.25) is 0 Å². The lowest BCUT2D eigenvalue weighted by Crippen LogP contribution is -2.30. The lowest BCUT2D eigenvalue weighted by Gasteiger charge is -2.03. The van der Waals surface area contributed by atoms with Crippen molar-refractivity contribution in [3.8, 4) is 0 Å². The summed E-state index contributed by atoms with van der Waals surface area (Å²) in [4.78, 5) is 22.9. The Labute approximate surface area is 123 Å². The molecule has 1 fully saturated rings. The van der Waals surface area contributed by atoms with Crippen LogP contribution >= 0.6 is 11.8 Å². The largest absolute Gasteiger partial charge is 0.344 e. The monoisotopic (exact) mass is 310 g/mol. The van der Waals surface area contributed by atoms with Crippen LogP contribution in [-0.4, -0.2) is 41.4 Å². The van der Waals surface area contributed by atoms with Crippen molar-refractivity contribution in [2.75, 3.05) is 5.75 Å². The van der Waals surface area contributed by atoms with Crippen LogP contribution in [0.5, 0.6) is 0 Å². The summed E-state index contributed by atoms with van der Waals surface area (Å²) in [6.45, 7) is 0.543. The summed E-state index contributed by atoms with van der Waals surface area (Å²) in [5.41, 5.74) is 1.99. The van der Waals surface area contributed by atoms with Crippen LogP contribution in [0, 0.1) is 0 Å². The first-order valence-corrected chi connectivity index (χ1v) is 7.38. The van der Waals surface area contributed by atoms with Gasteiger partial charge in [-0.2, -0.15) is 0 Å². The number of H-pyrrole nitrogens is 1. The highest BCUT2D eigenvalue weighted by atomic mass is 32.2. The van der Waals surface area contributed by atoms with Gasteiger partial charge >= 0.3 is 5.69 Å². The van der Waals surface area contributed by atoms with E-state index in [1.165, 1.54) is 18.0 Å². The van der Waals surface area contributed by atoms with E-state index in [2.05, 4.69) is 20.5 Å². The molecule has 1 aliphatic carbocycles. The summed E-state index contributed by atoms with van der Waals surface area (Å²) in [5.74, 6) is 5.19. The summed E-state index contributed by atoms with van der Waals surface area (Å²) in [5, 5.41) is 14.7. The van der Waals surface area contributed by atoms with Gasteiger partial charge in [-0.15, -0.1) is 10.2 Å². The van der Waals surface area contributed by atoms with Crippen LogP contribution in [0.4, 0.5) is 0 Å². The summed E-state index contributed by atoms with van der Waals surface area (Å²) >= 11 is 1.46. The normalized spacial score (nSPS) is 14.3. The molecule has 0 aromatic carbocycles. The predicted molar refractivity (Wildman–Crippen MR) is 73.5 cm³/mol. The first-order valence-electron chi connectivity index (χ1n) is 6.40. The SMILES string of the molecule is NNC(=O)c1cn(CCSc2n[nH]c(=O)n2C2CC2)nn1. The van der Waals surface area contributed by atoms with Crippen molar-refractivity contribution in [2.24, 2.45) is 5.84 Å². The van der Waals surface area contributed by atoms with E-state index in [9.17, 15) is 9.59 Å². The molecule has 0 radical (unpaired) electrons. The molecule has 1 amide bonds. The Balaban J connectivity index is 1.58. The third kappa shape index (κ3) is 2.97. The van der Waals surface area contributed by atoms with Gasteiger partial charge in [0, 0.05) is 11.8 Å². The zero-order valence-corrected chi connectivity index (χ0v) is 11.8. The Morgan fingerprint density at radius 2 is 2.38 bits per heavy atom. The van der Waals surface area contributed by atoms with Gasteiger partial charge in [0.05, 0.1) is 12.7 Å². The number of amides is 1. The third-order valence-electron chi connectivity index (χ3n) is 3.04. The number of nitrogen functional groups attached to an aromatic ring is 1. The molecule has 2 heterocycles. The minimum atomic E-state index is -0.483. The quantitative estimate of drug-likeness (QED) is 0.266. The van der Waals surface area contributed by atoms with Crippen molar-refractivity contribution >= 4 is 17.7 Å². The maximum absolute atomic E-state index is 11.6. The lowest BCUT2D eigenvalue weighted by atomic mass is 10.5. The van der Waals surface area contributed by atoms with Crippen molar-refractivity contribution in [3.63, 3.8) is 0 Å². The molecule has 0 unspecified atom stereocenters. The highest BCUT2D eigenvalue weighted by molar-refractivity contribution is 7.99. The highest BCUT2D eigenvalue weighted by Gasteiger charge is 2.28. The lowest BCUT2D eigenvalue weighted by molar-refractivity contribution is 0.0948. The van der Waals surface area contributed by atoms with Crippen LogP contribution in [-0.2, 0) is 6.54 Å². The second-order valence-electron chi connectivity index (χ2n) is 4.60. The first-order chi connectivity index (χ1) is 10.2. The Kier molecular flexibility index (Phi) is 3.75. The average Bonchev–Trinajstić information content (AvgIpc) is 3.09. The number of carbonyl (C=O) groups excluding carboxylic acids is 1. The molecule has 0 atom stereocenters. The zero-order chi connectivity index (χ0) is 14.8. The van der Waals surface area contributed by atoms with Crippen LogP contribution in [0.25, 0.3) is 0 Å². The molecule has 0 aliphatic heterocycles. The summed E-state index contributed by atoms with van der Waals surface area (Å²) in [6, 6.07) is 0.282. The predicted octanol–water partition coefficient (Wildman–Crippen LogP) is -1.11. The smallest absolute Gasteiger partial charge is 0.289 e. The number of hydrogen-bond donors (Lipinski definition) is 3. The van der Waals surface area contributed by atoms with E-state index in [1.54, 1.807) is 9.25 Å². The molecule has 112 valence electrons. The molecule has 3 rings (SSSR count). The molecule has 0 bridgehead atoms. The zero-order valence-electron chi connectivity index (χ0n) is 11.0. The van der Waals surface area contributed by atoms with Gasteiger partial charge in [0.15, 0.2) is 10.9 Å². The molecule has 0 saturated heterocycles. The van der Waals surface area contributed by atoms with Gasteiger partial charge < -0.3 is 0 Å². The Morgan fingerprint density at radius 1 is 1.57 bits per heavy atom. The molecule has 11 heteroatoms. The van der Waals surface area contributed by atoms with Crippen LogP contribution in [0.2, 0.25) is 0 Å². The van der Waals surface area contributed by atoms with Crippen molar-refractivity contribution in [1.29, 1.82) is 0 Å². The van der Waals surface area contributed by atoms with Gasteiger partial charge in [-0.25, -0.2) is 15.7 Å². The van der Waals surface area contributed by atoms with Crippen LogP contribution in [0.15, 0.2) is 16.1 Å². The van der Waals surface area contributed by atoms with E-state index in [1.807, 2.05) is 5.43 Å². The van der Waals surface area contributed by atoms with Crippen molar-refractivity contribution in [3.05, 3.63) is 22.4 Å². The molecule has 10 nitrogen and oxygen atoms in total. The van der Waals surface area contributed by atoms with Crippen molar-refractivity contribution in [1.82, 2.24) is 35.2 Å². The fourth-order valence-electron chi connectivity index (χ4n) is 1.86. The number of rotatable bonds is 6. The fourth-order valence-corrected chi connectivity index (χ4v) is 2.81. The Morgan fingerprint density at radius 3 is 3.10 bits per heavy atom. The number of aryl methyl sites for hydroxylation is 1. The molecular formula is C10H14N8O2S. The topological polar surface area (TPSA) is 137 Å². The highest BCUT2D eigenvalue weighted by Crippen LogP contribution is 2.35. The number of aromatic amines is 1. The Hall–Kier alpha value is -2.14. The van der Waals surface area contributed by atoms with Crippen molar-refractivity contribution in [2.45, 2.75) is 30.6 Å². The van der Waals surface area contributed by atoms with E-state index < -0.39 is 5.91 Å². The molecule has 21 heavy (non-hydrogen) atoms. The number of carbonyl (C=O) groups is 1. The minimum absolute atomic E-state index is 0.164. The molecule has 4 N–H and O–H groups in total. The summed E-state index contributed by atoms with van der Waals surface area (Å²) in [7, 11) is 0. The maximum Gasteiger partial charge on any atom is 0.344 e. The molecule has 2 aromatic rings. The number of nitrogens with one attached hydrogen (secondary N) is 2. The maximum atomic E-state index is 11.6. The van der Waals surface area contributed by atoms with E-state index in [4.69, 9.17) is 5.84 Å². The number of thioether (sulfide) groups is 1. The van der Waals surface area contributed by atoms with E-state index >= 15 is 0 Å². The van der Waals surface area contributed by atoms with E-state index in [0.717, 1.165) is 12.8 Å². The van der Waals surface area contributed by atoms with Crippen LogP contribution in [0.1, 0.15) is 29.4 Å². The number of aromatic nitrogens is 6. The van der Waals surface area contributed by atoms with Crippen molar-refractivity contribution < 1.29 is 4.79 Å². The van der Waals surface area contributed by atoms with Gasteiger partial charge in [-0.3, -0.25) is 19.5 Å². The first kappa shape index (κ1) is 13.8. The fraction of sp³-hybridized carbons (Fsp3) is 0.500. The minimum Gasteiger partial charge on any atom is -0.289 e. The molecule has 1 saturated carbocycles. The second-order valence-corrected chi connectivity index (χ2v) is 5.66. The van der Waals surface area contributed by atoms with Crippen LogP contribution < -0.4 is 17.0 Å². The molecule has 2 aromatic heterocycles. The Bertz CT molecular complexity index is 700. The van der Waals surface area contributed by atoms with Gasteiger partial charge in [-0.05, 0) is 12.8 Å². The van der Waals surface area contributed by atoms with Gasteiger partial charge in [0.25, 0.3) is 5.91 Å². The second kappa shape index (κ2) is 5.69. The number of nitrogens with two attached hydrogens (primary N) is 1. The summed E-state index contributed by atoms with van der Waals surface area (Å²) < 4.78 is 3.24. The van der Waals surface area contributed by atoms with Gasteiger partial charge in [-0.1, -0.05) is 17.0 Å². The molecule has 1 aliphatic rings. The van der Waals surface area contributed by atoms with Gasteiger partial charge in [0.1, 0.15) is 0 Å². The average molecular weight is 310 g/mol. The van der Waals surface area contributed by atoms with E-state index in [0.29, 0.717) is 17.5 Å². The number of hydrogen-bond acceptors (Lipinski definition) is 7.